The van der Waals surface area contributed by atoms with Crippen molar-refractivity contribution in [2.24, 2.45) is 17.8 Å². The summed E-state index contributed by atoms with van der Waals surface area (Å²) in [4.78, 5) is 0.512. The van der Waals surface area contributed by atoms with Gasteiger partial charge in [-0.1, -0.05) is 64.8 Å². The van der Waals surface area contributed by atoms with Crippen molar-refractivity contribution >= 4 is 26.7 Å². The summed E-state index contributed by atoms with van der Waals surface area (Å²) < 4.78 is 0. The third-order valence-corrected chi connectivity index (χ3v) is 6.42. The lowest BCUT2D eigenvalue weighted by molar-refractivity contribution is 0.314. The zero-order chi connectivity index (χ0) is 13.5. The van der Waals surface area contributed by atoms with Gasteiger partial charge in [0.1, 0.15) is 0 Å². The molecule has 0 nitrogen and oxygen atoms in total. The van der Waals surface area contributed by atoms with E-state index < -0.39 is 0 Å². The number of hydrogen-bond acceptors (Lipinski definition) is 0. The fourth-order valence-corrected chi connectivity index (χ4v) is 5.46. The first kappa shape index (κ1) is 12.9. The van der Waals surface area contributed by atoms with Crippen molar-refractivity contribution in [3.8, 4) is 0 Å². The number of alkyl halides is 1. The number of benzene rings is 2. The zero-order valence-corrected chi connectivity index (χ0v) is 13.4. The maximum absolute atomic E-state index is 3.99. The normalized spacial score (nSPS) is 29.9. The van der Waals surface area contributed by atoms with Gasteiger partial charge < -0.3 is 0 Å². The first-order valence-electron chi connectivity index (χ1n) is 7.93. The second kappa shape index (κ2) is 5.18. The molecule has 0 saturated heterocycles. The first-order chi connectivity index (χ1) is 9.81. The highest BCUT2D eigenvalue weighted by Crippen LogP contribution is 2.52. The van der Waals surface area contributed by atoms with Crippen LogP contribution in [0.15, 0.2) is 42.5 Å². The summed E-state index contributed by atoms with van der Waals surface area (Å²) in [6, 6.07) is 15.5. The average molecular weight is 329 g/mol. The minimum atomic E-state index is 0.512. The van der Waals surface area contributed by atoms with Crippen LogP contribution in [0.1, 0.15) is 42.5 Å². The van der Waals surface area contributed by atoms with E-state index in [4.69, 9.17) is 0 Å². The second-order valence-corrected chi connectivity index (χ2v) is 7.81. The maximum atomic E-state index is 3.99. The predicted octanol–water partition coefficient (Wildman–Crippen LogP) is 6.10. The molecule has 2 aliphatic rings. The molecule has 2 saturated carbocycles. The summed E-state index contributed by atoms with van der Waals surface area (Å²) in [6.07, 6.45) is 7.31. The lowest BCUT2D eigenvalue weighted by Gasteiger charge is -2.24. The Morgan fingerprint density at radius 3 is 2.65 bits per heavy atom. The fraction of sp³-hybridized carbons (Fsp3) is 0.474. The molecule has 4 rings (SSSR count). The van der Waals surface area contributed by atoms with Crippen LogP contribution in [0.3, 0.4) is 0 Å². The molecule has 0 N–H and O–H groups in total. The van der Waals surface area contributed by atoms with Crippen molar-refractivity contribution in [1.82, 2.24) is 0 Å². The molecule has 2 fully saturated rings. The van der Waals surface area contributed by atoms with E-state index in [0.717, 1.165) is 17.8 Å². The number of rotatable bonds is 3. The van der Waals surface area contributed by atoms with Crippen LogP contribution in [0.4, 0.5) is 0 Å². The van der Waals surface area contributed by atoms with E-state index in [0.29, 0.717) is 4.83 Å². The van der Waals surface area contributed by atoms with Gasteiger partial charge in [0, 0.05) is 4.83 Å². The lowest BCUT2D eigenvalue weighted by Crippen LogP contribution is -2.12. The predicted molar refractivity (Wildman–Crippen MR) is 89.2 cm³/mol. The second-order valence-electron chi connectivity index (χ2n) is 6.71. The van der Waals surface area contributed by atoms with E-state index >= 15 is 0 Å². The molecular weight excluding hydrogens is 308 g/mol. The summed E-state index contributed by atoms with van der Waals surface area (Å²) in [7, 11) is 0. The lowest BCUT2D eigenvalue weighted by atomic mass is 9.84. The molecule has 0 aromatic heterocycles. The van der Waals surface area contributed by atoms with Gasteiger partial charge in [0.2, 0.25) is 0 Å². The van der Waals surface area contributed by atoms with Crippen molar-refractivity contribution in [3.63, 3.8) is 0 Å². The van der Waals surface area contributed by atoms with Gasteiger partial charge in [-0.3, -0.25) is 0 Å². The van der Waals surface area contributed by atoms with Crippen molar-refractivity contribution in [3.05, 3.63) is 48.0 Å². The quantitative estimate of drug-likeness (QED) is 0.597. The fourth-order valence-electron chi connectivity index (χ4n) is 4.58. The van der Waals surface area contributed by atoms with Crippen LogP contribution in [0.5, 0.6) is 0 Å². The molecule has 0 spiro atoms. The maximum Gasteiger partial charge on any atom is 0.0404 e. The van der Waals surface area contributed by atoms with Gasteiger partial charge in [-0.15, -0.1) is 0 Å². The summed E-state index contributed by atoms with van der Waals surface area (Å²) >= 11 is 3.99. The Balaban J connectivity index is 1.59. The molecule has 20 heavy (non-hydrogen) atoms. The molecule has 4 atom stereocenters. The smallest absolute Gasteiger partial charge is 0.0404 e. The van der Waals surface area contributed by atoms with Gasteiger partial charge in [0.15, 0.2) is 0 Å². The molecule has 2 aromatic rings. The van der Waals surface area contributed by atoms with E-state index in [1.807, 2.05) is 0 Å². The topological polar surface area (TPSA) is 0 Å². The van der Waals surface area contributed by atoms with E-state index in [9.17, 15) is 0 Å². The number of halogens is 1. The Kier molecular flexibility index (Phi) is 3.34. The van der Waals surface area contributed by atoms with Crippen LogP contribution in [0, 0.1) is 17.8 Å². The number of fused-ring (bicyclic) bond motifs is 3. The Labute approximate surface area is 129 Å². The van der Waals surface area contributed by atoms with Crippen LogP contribution in [0.25, 0.3) is 10.8 Å². The van der Waals surface area contributed by atoms with Gasteiger partial charge in [-0.2, -0.15) is 0 Å². The van der Waals surface area contributed by atoms with E-state index in [-0.39, 0.29) is 0 Å². The van der Waals surface area contributed by atoms with Crippen molar-refractivity contribution < 1.29 is 0 Å². The Morgan fingerprint density at radius 1 is 1.00 bits per heavy atom. The summed E-state index contributed by atoms with van der Waals surface area (Å²) in [5.41, 5.74) is 1.48. The number of hydrogen-bond donors (Lipinski definition) is 0. The highest BCUT2D eigenvalue weighted by molar-refractivity contribution is 9.09. The monoisotopic (exact) mass is 328 g/mol. The summed E-state index contributed by atoms with van der Waals surface area (Å²) in [5, 5.41) is 2.78. The van der Waals surface area contributed by atoms with E-state index in [2.05, 4.69) is 58.4 Å². The molecule has 4 unspecified atom stereocenters. The largest absolute Gasteiger partial charge is 0.0838 e. The van der Waals surface area contributed by atoms with Crippen LogP contribution in [-0.4, -0.2) is 0 Å². The van der Waals surface area contributed by atoms with Crippen LogP contribution in [0.2, 0.25) is 0 Å². The molecule has 2 aromatic carbocycles. The first-order valence-corrected chi connectivity index (χ1v) is 8.84. The Morgan fingerprint density at radius 2 is 1.85 bits per heavy atom. The molecule has 0 heterocycles. The van der Waals surface area contributed by atoms with Gasteiger partial charge >= 0.3 is 0 Å². The van der Waals surface area contributed by atoms with Gasteiger partial charge in [0.05, 0.1) is 0 Å². The molecule has 2 bridgehead atoms. The van der Waals surface area contributed by atoms with E-state index in [1.165, 1.54) is 48.4 Å². The van der Waals surface area contributed by atoms with Crippen molar-refractivity contribution in [2.45, 2.75) is 36.9 Å². The minimum absolute atomic E-state index is 0.512. The summed E-state index contributed by atoms with van der Waals surface area (Å²) in [5.74, 6) is 3.03. The van der Waals surface area contributed by atoms with Crippen LogP contribution in [-0.2, 0) is 0 Å². The molecule has 2 aliphatic carbocycles. The molecule has 1 heteroatoms. The van der Waals surface area contributed by atoms with Gasteiger partial charge in [-0.05, 0) is 59.8 Å². The van der Waals surface area contributed by atoms with Crippen LogP contribution >= 0.6 is 15.9 Å². The molecule has 0 radical (unpaired) electrons. The van der Waals surface area contributed by atoms with E-state index in [1.54, 1.807) is 0 Å². The summed E-state index contributed by atoms with van der Waals surface area (Å²) in [6.45, 7) is 0. The standard InChI is InChI=1S/C19H21Br/c20-19(12-16-11-13-8-9-15(16)10-13)18-7-3-5-14-4-1-2-6-17(14)18/h1-7,13,15-16,19H,8-12H2. The average Bonchev–Trinajstić information content (AvgIpc) is 3.09. The zero-order valence-electron chi connectivity index (χ0n) is 11.8. The molecular formula is C19H21Br. The Bertz CT molecular complexity index is 613. The molecule has 104 valence electrons. The highest BCUT2D eigenvalue weighted by atomic mass is 79.9. The van der Waals surface area contributed by atoms with Gasteiger partial charge in [0.25, 0.3) is 0 Å². The van der Waals surface area contributed by atoms with Crippen molar-refractivity contribution in [1.29, 1.82) is 0 Å². The Hall–Kier alpha value is -0.820. The van der Waals surface area contributed by atoms with Crippen molar-refractivity contribution in [2.75, 3.05) is 0 Å². The molecule has 0 aliphatic heterocycles. The third kappa shape index (κ3) is 2.20. The highest BCUT2D eigenvalue weighted by Gasteiger charge is 2.40. The SMILES string of the molecule is BrC(CC1CC2CCC1C2)c1cccc2ccccc12. The molecule has 0 amide bonds. The minimum Gasteiger partial charge on any atom is -0.0838 e. The van der Waals surface area contributed by atoms with Gasteiger partial charge in [-0.25, -0.2) is 0 Å². The van der Waals surface area contributed by atoms with Crippen LogP contribution < -0.4 is 0 Å². The third-order valence-electron chi connectivity index (χ3n) is 5.56.